The number of rotatable bonds is 4. The van der Waals surface area contributed by atoms with Gasteiger partial charge < -0.3 is 19.6 Å². The van der Waals surface area contributed by atoms with Crippen LogP contribution in [0.1, 0.15) is 55.9 Å². The molecule has 1 N–H and O–H groups in total. The molecule has 0 aromatic carbocycles. The summed E-state index contributed by atoms with van der Waals surface area (Å²) < 4.78 is 6.44. The van der Waals surface area contributed by atoms with Gasteiger partial charge in [-0.25, -0.2) is 0 Å². The van der Waals surface area contributed by atoms with Crippen molar-refractivity contribution >= 4 is 17.2 Å². The molecule has 2 fully saturated rings. The molecule has 3 aliphatic heterocycles. The first-order chi connectivity index (χ1) is 13.2. The van der Waals surface area contributed by atoms with E-state index < -0.39 is 5.60 Å². The predicted octanol–water partition coefficient (Wildman–Crippen LogP) is 2.79. The fraction of sp³-hybridized carbons (Fsp3) is 0.773. The van der Waals surface area contributed by atoms with Crippen molar-refractivity contribution in [3.63, 3.8) is 0 Å². The lowest BCUT2D eigenvalue weighted by atomic mass is 9.79. The lowest BCUT2D eigenvalue weighted by Crippen LogP contribution is -2.60. The third-order valence-corrected chi connectivity index (χ3v) is 8.06. The quantitative estimate of drug-likeness (QED) is 0.835. The molecule has 4 rings (SSSR count). The van der Waals surface area contributed by atoms with Crippen molar-refractivity contribution in [1.29, 1.82) is 0 Å². The third-order valence-electron chi connectivity index (χ3n) is 6.72. The number of hydrogen-bond acceptors (Lipinski definition) is 5. The molecule has 0 unspecified atom stereocenters. The number of ether oxygens (including phenoxy) is 1. The second kappa shape index (κ2) is 7.38. The average Bonchev–Trinajstić information content (AvgIpc) is 3.03. The molecule has 6 heteroatoms. The molecule has 0 radical (unpaired) electrons. The van der Waals surface area contributed by atoms with Crippen LogP contribution in [0.15, 0.2) is 6.07 Å². The summed E-state index contributed by atoms with van der Waals surface area (Å²) in [5, 5.41) is 9.90. The van der Waals surface area contributed by atoms with Gasteiger partial charge in [0, 0.05) is 54.3 Å². The Morgan fingerprint density at radius 2 is 2.18 bits per heavy atom. The zero-order chi connectivity index (χ0) is 20.1. The molecule has 3 aliphatic rings. The number of carbonyl (C=O) groups is 1. The highest BCUT2D eigenvalue weighted by molar-refractivity contribution is 7.12. The molecular formula is C22H34N2O3S. The van der Waals surface area contributed by atoms with Crippen LogP contribution >= 0.6 is 11.3 Å². The average molecular weight is 407 g/mol. The standard InChI is InChI=1S/C22H34N2O3S/c1-5-17-10-18-19(28-17)6-9-27-22(18)7-8-23(15(2)11-22)12-16-13-24(14-16)20(25)21(3,4)26/h10,15-16,26H,5-9,11-14H2,1-4H3/t15-,22+/m0/s1. The lowest BCUT2D eigenvalue weighted by Gasteiger charge is -2.50. The van der Waals surface area contributed by atoms with Crippen LogP contribution in [0.25, 0.3) is 0 Å². The van der Waals surface area contributed by atoms with Crippen molar-refractivity contribution < 1.29 is 14.6 Å². The van der Waals surface area contributed by atoms with E-state index in [-0.39, 0.29) is 11.5 Å². The van der Waals surface area contributed by atoms with Gasteiger partial charge in [0.2, 0.25) is 0 Å². The maximum Gasteiger partial charge on any atom is 0.253 e. The zero-order valence-corrected chi connectivity index (χ0v) is 18.5. The molecule has 2 saturated heterocycles. The van der Waals surface area contributed by atoms with Crippen molar-refractivity contribution in [2.24, 2.45) is 5.92 Å². The van der Waals surface area contributed by atoms with E-state index in [2.05, 4.69) is 24.8 Å². The Morgan fingerprint density at radius 1 is 1.43 bits per heavy atom. The van der Waals surface area contributed by atoms with Gasteiger partial charge in [0.25, 0.3) is 5.91 Å². The summed E-state index contributed by atoms with van der Waals surface area (Å²) in [6.45, 7) is 12.2. The summed E-state index contributed by atoms with van der Waals surface area (Å²) in [6.07, 6.45) is 4.28. The van der Waals surface area contributed by atoms with E-state index in [1.807, 2.05) is 11.3 Å². The Hall–Kier alpha value is -0.950. The van der Waals surface area contributed by atoms with Gasteiger partial charge in [-0.3, -0.25) is 4.79 Å². The summed E-state index contributed by atoms with van der Waals surface area (Å²) in [5.41, 5.74) is 0.122. The molecule has 1 spiro atoms. The van der Waals surface area contributed by atoms with Crippen LogP contribution in [0.5, 0.6) is 0 Å². The van der Waals surface area contributed by atoms with Crippen LogP contribution in [-0.4, -0.2) is 65.2 Å². The van der Waals surface area contributed by atoms with Gasteiger partial charge in [-0.05, 0) is 51.7 Å². The molecule has 1 amide bonds. The first-order valence-electron chi connectivity index (χ1n) is 10.7. The highest BCUT2D eigenvalue weighted by Crippen LogP contribution is 2.46. The molecular weight excluding hydrogens is 372 g/mol. The summed E-state index contributed by atoms with van der Waals surface area (Å²) in [6, 6.07) is 2.89. The van der Waals surface area contributed by atoms with Gasteiger partial charge in [-0.2, -0.15) is 0 Å². The number of fused-ring (bicyclic) bond motifs is 2. The van der Waals surface area contributed by atoms with Gasteiger partial charge in [0.15, 0.2) is 0 Å². The molecule has 156 valence electrons. The number of nitrogens with zero attached hydrogens (tertiary/aromatic N) is 2. The zero-order valence-electron chi connectivity index (χ0n) is 17.7. The Bertz CT molecular complexity index is 735. The minimum Gasteiger partial charge on any atom is -0.381 e. The highest BCUT2D eigenvalue weighted by Gasteiger charge is 2.45. The van der Waals surface area contributed by atoms with Gasteiger partial charge in [0.05, 0.1) is 12.2 Å². The minimum atomic E-state index is -1.26. The molecule has 1 aromatic heterocycles. The number of thiophene rings is 1. The minimum absolute atomic E-state index is 0.0874. The molecule has 0 bridgehead atoms. The van der Waals surface area contributed by atoms with Crippen molar-refractivity contribution in [2.45, 2.75) is 70.6 Å². The molecule has 0 aliphatic carbocycles. The maximum atomic E-state index is 12.1. The van der Waals surface area contributed by atoms with Crippen molar-refractivity contribution in [3.8, 4) is 0 Å². The van der Waals surface area contributed by atoms with Crippen molar-refractivity contribution in [2.75, 3.05) is 32.8 Å². The lowest BCUT2D eigenvalue weighted by molar-refractivity contribution is -0.156. The second-order valence-corrected chi connectivity index (χ2v) is 10.7. The van der Waals surface area contributed by atoms with E-state index in [1.54, 1.807) is 23.6 Å². The molecule has 4 heterocycles. The summed E-state index contributed by atoms with van der Waals surface area (Å²) in [4.78, 5) is 19.5. The van der Waals surface area contributed by atoms with Gasteiger partial charge in [-0.1, -0.05) is 6.92 Å². The van der Waals surface area contributed by atoms with E-state index in [9.17, 15) is 9.90 Å². The van der Waals surface area contributed by atoms with E-state index in [0.717, 1.165) is 58.5 Å². The van der Waals surface area contributed by atoms with E-state index >= 15 is 0 Å². The SMILES string of the molecule is CCc1cc2c(s1)CCO[C@@]21CCN(CC2CN(C(=O)C(C)(C)O)C2)[C@@H](C)C1. The Morgan fingerprint density at radius 3 is 2.82 bits per heavy atom. The van der Waals surface area contributed by atoms with Crippen LogP contribution in [-0.2, 0) is 28.0 Å². The summed E-state index contributed by atoms with van der Waals surface area (Å²) in [7, 11) is 0. The first-order valence-corrected chi connectivity index (χ1v) is 11.6. The first kappa shape index (κ1) is 20.3. The van der Waals surface area contributed by atoms with Crippen LogP contribution in [0.3, 0.4) is 0 Å². The molecule has 2 atom stereocenters. The number of amides is 1. The highest BCUT2D eigenvalue weighted by atomic mass is 32.1. The van der Waals surface area contributed by atoms with E-state index in [1.165, 1.54) is 10.4 Å². The largest absolute Gasteiger partial charge is 0.381 e. The number of likely N-dealkylation sites (tertiary alicyclic amines) is 2. The van der Waals surface area contributed by atoms with Gasteiger partial charge in [0.1, 0.15) is 5.60 Å². The van der Waals surface area contributed by atoms with Crippen molar-refractivity contribution in [3.05, 3.63) is 21.4 Å². The molecule has 28 heavy (non-hydrogen) atoms. The summed E-state index contributed by atoms with van der Waals surface area (Å²) >= 11 is 1.98. The Kier molecular flexibility index (Phi) is 5.36. The van der Waals surface area contributed by atoms with E-state index in [0.29, 0.717) is 12.0 Å². The van der Waals surface area contributed by atoms with Crippen LogP contribution < -0.4 is 0 Å². The monoisotopic (exact) mass is 406 g/mol. The fourth-order valence-corrected chi connectivity index (χ4v) is 6.29. The molecule has 1 aromatic rings. The van der Waals surface area contributed by atoms with Crippen LogP contribution in [0.4, 0.5) is 0 Å². The number of aliphatic hydroxyl groups is 1. The fourth-order valence-electron chi connectivity index (χ4n) is 5.12. The van der Waals surface area contributed by atoms with Gasteiger partial charge in [-0.15, -0.1) is 11.3 Å². The van der Waals surface area contributed by atoms with Gasteiger partial charge >= 0.3 is 0 Å². The summed E-state index contributed by atoms with van der Waals surface area (Å²) in [5.74, 6) is 0.361. The number of aryl methyl sites for hydroxylation is 1. The number of carbonyl (C=O) groups excluding carboxylic acids is 1. The normalized spacial score (nSPS) is 29.0. The third kappa shape index (κ3) is 3.64. The maximum absolute atomic E-state index is 12.1. The number of hydrogen-bond donors (Lipinski definition) is 1. The number of piperidine rings is 1. The second-order valence-electron chi connectivity index (χ2n) is 9.43. The van der Waals surface area contributed by atoms with Crippen molar-refractivity contribution in [1.82, 2.24) is 9.80 Å². The molecule has 5 nitrogen and oxygen atoms in total. The van der Waals surface area contributed by atoms with Crippen LogP contribution in [0, 0.1) is 5.92 Å². The topological polar surface area (TPSA) is 53.0 Å². The molecule has 0 saturated carbocycles. The Balaban J connectivity index is 1.36. The van der Waals surface area contributed by atoms with Crippen LogP contribution in [0.2, 0.25) is 0 Å². The van der Waals surface area contributed by atoms with E-state index in [4.69, 9.17) is 4.74 Å². The Labute approximate surface area is 172 Å². The predicted molar refractivity (Wildman–Crippen MR) is 112 cm³/mol. The smallest absolute Gasteiger partial charge is 0.253 e.